The summed E-state index contributed by atoms with van der Waals surface area (Å²) in [4.78, 5) is 23.7. The van der Waals surface area contributed by atoms with E-state index in [-0.39, 0.29) is 18.1 Å². The van der Waals surface area contributed by atoms with Crippen LogP contribution >= 0.6 is 0 Å². The first-order valence-electron chi connectivity index (χ1n) is 5.69. The fourth-order valence-corrected chi connectivity index (χ4v) is 1.92. The molecular weight excluding hydrogens is 206 g/mol. The maximum absolute atomic E-state index is 11.4. The molecular formula is C12H23NO3. The molecule has 0 N–H and O–H groups in total. The Kier molecular flexibility index (Phi) is 6.97. The van der Waals surface area contributed by atoms with E-state index in [1.807, 2.05) is 0 Å². The van der Waals surface area contributed by atoms with E-state index >= 15 is 0 Å². The first kappa shape index (κ1) is 15.1. The summed E-state index contributed by atoms with van der Waals surface area (Å²) >= 11 is 0. The second-order valence-corrected chi connectivity index (χ2v) is 4.18. The van der Waals surface area contributed by atoms with Crippen molar-refractivity contribution in [3.63, 3.8) is 0 Å². The summed E-state index contributed by atoms with van der Waals surface area (Å²) in [7, 11) is 3.34. The van der Waals surface area contributed by atoms with Crippen molar-refractivity contribution < 1.29 is 14.3 Å². The van der Waals surface area contributed by atoms with Crippen LogP contribution in [-0.4, -0.2) is 43.4 Å². The van der Waals surface area contributed by atoms with Crippen LogP contribution < -0.4 is 0 Å². The van der Waals surface area contributed by atoms with Crippen molar-refractivity contribution in [3.05, 3.63) is 0 Å². The molecule has 94 valence electrons. The quantitative estimate of drug-likeness (QED) is 0.621. The molecule has 0 aromatic heterocycles. The minimum atomic E-state index is -0.221. The summed E-state index contributed by atoms with van der Waals surface area (Å²) in [5.74, 6) is 0.303. The predicted molar refractivity (Wildman–Crippen MR) is 63.2 cm³/mol. The van der Waals surface area contributed by atoms with Gasteiger partial charge in [-0.05, 0) is 5.92 Å². The normalized spacial score (nSPS) is 16.3. The number of rotatable bonds is 7. The Hall–Kier alpha value is -0.900. The standard InChI is InChI=1S/C12H23NO3/c1-6-9(2)12(13(4)10(3)15)11(16-5)7-8-14/h8-9,11-12H,6-7H2,1-5H3/t9-,11+,12-/m1/s1. The van der Waals surface area contributed by atoms with E-state index in [9.17, 15) is 9.59 Å². The topological polar surface area (TPSA) is 46.6 Å². The molecule has 0 aliphatic carbocycles. The van der Waals surface area contributed by atoms with E-state index in [0.29, 0.717) is 12.3 Å². The van der Waals surface area contributed by atoms with Gasteiger partial charge in [0.25, 0.3) is 0 Å². The van der Waals surface area contributed by atoms with Crippen molar-refractivity contribution in [2.75, 3.05) is 14.2 Å². The van der Waals surface area contributed by atoms with E-state index in [1.54, 1.807) is 19.1 Å². The maximum Gasteiger partial charge on any atom is 0.219 e. The summed E-state index contributed by atoms with van der Waals surface area (Å²) < 4.78 is 5.32. The molecule has 4 nitrogen and oxygen atoms in total. The monoisotopic (exact) mass is 229 g/mol. The molecule has 4 heteroatoms. The molecule has 0 aromatic carbocycles. The number of hydrogen-bond acceptors (Lipinski definition) is 3. The van der Waals surface area contributed by atoms with Crippen molar-refractivity contribution >= 4 is 12.2 Å². The highest BCUT2D eigenvalue weighted by atomic mass is 16.5. The first-order chi connectivity index (χ1) is 7.49. The zero-order valence-corrected chi connectivity index (χ0v) is 10.9. The third-order valence-corrected chi connectivity index (χ3v) is 3.18. The SMILES string of the molecule is CC[C@@H](C)[C@H]([C@H](CC=O)OC)N(C)C(C)=O. The highest BCUT2D eigenvalue weighted by Gasteiger charge is 2.30. The van der Waals surface area contributed by atoms with Gasteiger partial charge in [0.2, 0.25) is 5.91 Å². The Labute approximate surface area is 98.0 Å². The number of carbonyl (C=O) groups excluding carboxylic acids is 2. The molecule has 0 bridgehead atoms. The van der Waals surface area contributed by atoms with Crippen molar-refractivity contribution in [2.45, 2.75) is 45.8 Å². The molecule has 16 heavy (non-hydrogen) atoms. The second kappa shape index (κ2) is 7.39. The van der Waals surface area contributed by atoms with E-state index in [0.717, 1.165) is 12.7 Å². The summed E-state index contributed by atoms with van der Waals surface area (Å²) in [5, 5.41) is 0. The number of nitrogens with zero attached hydrogens (tertiary/aromatic N) is 1. The molecule has 0 saturated carbocycles. The second-order valence-electron chi connectivity index (χ2n) is 4.18. The molecule has 0 fully saturated rings. The highest BCUT2D eigenvalue weighted by molar-refractivity contribution is 5.73. The van der Waals surface area contributed by atoms with Crippen LogP contribution in [0.5, 0.6) is 0 Å². The van der Waals surface area contributed by atoms with Crippen molar-refractivity contribution in [2.24, 2.45) is 5.92 Å². The largest absolute Gasteiger partial charge is 0.379 e. The zero-order chi connectivity index (χ0) is 12.7. The Morgan fingerprint density at radius 1 is 1.50 bits per heavy atom. The molecule has 1 amide bonds. The van der Waals surface area contributed by atoms with Crippen LogP contribution in [0.25, 0.3) is 0 Å². The van der Waals surface area contributed by atoms with E-state index in [1.165, 1.54) is 6.92 Å². The van der Waals surface area contributed by atoms with Crippen LogP contribution in [0.1, 0.15) is 33.6 Å². The fourth-order valence-electron chi connectivity index (χ4n) is 1.92. The third-order valence-electron chi connectivity index (χ3n) is 3.18. The van der Waals surface area contributed by atoms with Crippen LogP contribution in [0.2, 0.25) is 0 Å². The lowest BCUT2D eigenvalue weighted by Crippen LogP contribution is -2.48. The molecule has 0 radical (unpaired) electrons. The van der Waals surface area contributed by atoms with Gasteiger partial charge in [0.05, 0.1) is 12.1 Å². The Morgan fingerprint density at radius 2 is 2.06 bits per heavy atom. The number of amides is 1. The minimum absolute atomic E-state index is 0.00162. The van der Waals surface area contributed by atoms with E-state index in [2.05, 4.69) is 13.8 Å². The van der Waals surface area contributed by atoms with E-state index < -0.39 is 0 Å². The number of methoxy groups -OCH3 is 1. The van der Waals surface area contributed by atoms with Crippen molar-refractivity contribution in [1.29, 1.82) is 0 Å². The van der Waals surface area contributed by atoms with Gasteiger partial charge in [-0.15, -0.1) is 0 Å². The smallest absolute Gasteiger partial charge is 0.219 e. The molecule has 0 aliphatic rings. The van der Waals surface area contributed by atoms with Gasteiger partial charge in [-0.25, -0.2) is 0 Å². The van der Waals surface area contributed by atoms with Crippen LogP contribution in [-0.2, 0) is 14.3 Å². The Morgan fingerprint density at radius 3 is 2.38 bits per heavy atom. The van der Waals surface area contributed by atoms with Crippen molar-refractivity contribution in [3.8, 4) is 0 Å². The molecule has 3 atom stereocenters. The predicted octanol–water partition coefficient (Wildman–Crippen LogP) is 1.48. The lowest BCUT2D eigenvalue weighted by Gasteiger charge is -2.36. The number of likely N-dealkylation sites (N-methyl/N-ethyl adjacent to an activating group) is 1. The van der Waals surface area contributed by atoms with Gasteiger partial charge in [-0.3, -0.25) is 4.79 Å². The van der Waals surface area contributed by atoms with Gasteiger partial charge in [0.1, 0.15) is 6.29 Å². The molecule has 0 rings (SSSR count). The summed E-state index contributed by atoms with van der Waals surface area (Å²) in [6, 6.07) is -0.0438. The lowest BCUT2D eigenvalue weighted by molar-refractivity contribution is -0.135. The average Bonchev–Trinajstić information content (AvgIpc) is 2.27. The number of hydrogen-bond donors (Lipinski definition) is 0. The van der Waals surface area contributed by atoms with Gasteiger partial charge in [0, 0.05) is 27.5 Å². The van der Waals surface area contributed by atoms with Gasteiger partial charge >= 0.3 is 0 Å². The van der Waals surface area contributed by atoms with Gasteiger partial charge in [0.15, 0.2) is 0 Å². The maximum atomic E-state index is 11.4. The van der Waals surface area contributed by atoms with E-state index in [4.69, 9.17) is 4.74 Å². The van der Waals surface area contributed by atoms with Crippen LogP contribution in [0.15, 0.2) is 0 Å². The van der Waals surface area contributed by atoms with Crippen LogP contribution in [0, 0.1) is 5.92 Å². The number of ether oxygens (including phenoxy) is 1. The van der Waals surface area contributed by atoms with Gasteiger partial charge in [-0.2, -0.15) is 0 Å². The number of aldehydes is 1. The minimum Gasteiger partial charge on any atom is -0.379 e. The van der Waals surface area contributed by atoms with Gasteiger partial charge in [-0.1, -0.05) is 20.3 Å². The lowest BCUT2D eigenvalue weighted by atomic mass is 9.91. The first-order valence-corrected chi connectivity index (χ1v) is 5.69. The zero-order valence-electron chi connectivity index (χ0n) is 10.9. The molecule has 0 heterocycles. The molecule has 0 aliphatic heterocycles. The highest BCUT2D eigenvalue weighted by Crippen LogP contribution is 2.20. The average molecular weight is 229 g/mol. The van der Waals surface area contributed by atoms with Crippen LogP contribution in [0.4, 0.5) is 0 Å². The fraction of sp³-hybridized carbons (Fsp3) is 0.833. The molecule has 0 aromatic rings. The van der Waals surface area contributed by atoms with Crippen LogP contribution in [0.3, 0.4) is 0 Å². The Bertz CT molecular complexity index is 230. The summed E-state index contributed by atoms with van der Waals surface area (Å²) in [5.41, 5.74) is 0. The molecule has 0 spiro atoms. The molecule has 0 unspecified atom stereocenters. The Balaban J connectivity index is 4.88. The summed E-state index contributed by atoms with van der Waals surface area (Å²) in [6.45, 7) is 5.67. The summed E-state index contributed by atoms with van der Waals surface area (Å²) in [6.07, 6.45) is 1.89. The number of carbonyl (C=O) groups is 2. The third kappa shape index (κ3) is 3.93. The van der Waals surface area contributed by atoms with Crippen molar-refractivity contribution in [1.82, 2.24) is 4.90 Å². The van der Waals surface area contributed by atoms with Gasteiger partial charge < -0.3 is 14.4 Å². The molecule has 0 saturated heterocycles.